The van der Waals surface area contributed by atoms with Gasteiger partial charge in [-0.15, -0.1) is 10.2 Å². The molecule has 0 aliphatic heterocycles. The number of hydrogen-bond acceptors (Lipinski definition) is 5. The van der Waals surface area contributed by atoms with Crippen LogP contribution in [0.3, 0.4) is 0 Å². The average Bonchev–Trinajstić information content (AvgIpc) is 2.75. The van der Waals surface area contributed by atoms with Crippen molar-refractivity contribution in [1.29, 1.82) is 0 Å². The van der Waals surface area contributed by atoms with Gasteiger partial charge in [-0.25, -0.2) is 0 Å². The summed E-state index contributed by atoms with van der Waals surface area (Å²) < 4.78 is 5.54. The zero-order valence-corrected chi connectivity index (χ0v) is 11.8. The van der Waals surface area contributed by atoms with Crippen LogP contribution in [0.5, 0.6) is 0 Å². The van der Waals surface area contributed by atoms with Gasteiger partial charge >= 0.3 is 0 Å². The summed E-state index contributed by atoms with van der Waals surface area (Å²) in [5.74, 6) is 1.74. The Kier molecular flexibility index (Phi) is 5.71. The van der Waals surface area contributed by atoms with Crippen molar-refractivity contribution in [3.05, 3.63) is 17.5 Å². The molecule has 0 aliphatic rings. The molecule has 0 spiro atoms. The van der Waals surface area contributed by atoms with Crippen molar-refractivity contribution in [2.45, 2.75) is 45.4 Å². The van der Waals surface area contributed by atoms with Gasteiger partial charge in [0.1, 0.15) is 0 Å². The monoisotopic (exact) mass is 255 g/mol. The van der Waals surface area contributed by atoms with Gasteiger partial charge in [-0.3, -0.25) is 0 Å². The van der Waals surface area contributed by atoms with Crippen LogP contribution < -0.4 is 5.73 Å². The van der Waals surface area contributed by atoms with Gasteiger partial charge in [-0.1, -0.05) is 43.7 Å². The Morgan fingerprint density at radius 2 is 2.18 bits per heavy atom. The third-order valence-corrected chi connectivity index (χ3v) is 3.41. The van der Waals surface area contributed by atoms with E-state index in [1.54, 1.807) is 0 Å². The molecule has 0 saturated heterocycles. The smallest absolute Gasteiger partial charge is 0.276 e. The summed E-state index contributed by atoms with van der Waals surface area (Å²) in [6.07, 6.45) is 3.13. The van der Waals surface area contributed by atoms with E-state index in [4.69, 9.17) is 10.2 Å². The van der Waals surface area contributed by atoms with Crippen molar-refractivity contribution in [3.8, 4) is 0 Å². The lowest BCUT2D eigenvalue weighted by atomic mass is 10.0. The van der Waals surface area contributed by atoms with Crippen molar-refractivity contribution >= 4 is 11.8 Å². The topological polar surface area (TPSA) is 64.9 Å². The molecule has 17 heavy (non-hydrogen) atoms. The zero-order valence-electron chi connectivity index (χ0n) is 10.9. The van der Waals surface area contributed by atoms with E-state index in [-0.39, 0.29) is 6.04 Å². The fourth-order valence-electron chi connectivity index (χ4n) is 1.19. The van der Waals surface area contributed by atoms with E-state index in [1.807, 2.05) is 0 Å². The molecule has 96 valence electrons. The predicted octanol–water partition coefficient (Wildman–Crippen LogP) is 3.17. The standard InChI is InChI=1S/C12H21N3OS/c1-5-9(4)10(13)11-14-15-12(16-11)17-7-6-8(2)3/h6,9-10H,5,7,13H2,1-4H3. The first-order valence-electron chi connectivity index (χ1n) is 5.89. The molecule has 4 nitrogen and oxygen atoms in total. The van der Waals surface area contributed by atoms with Crippen LogP contribution in [0.15, 0.2) is 21.3 Å². The fourth-order valence-corrected chi connectivity index (χ4v) is 1.99. The van der Waals surface area contributed by atoms with Gasteiger partial charge in [-0.2, -0.15) is 0 Å². The van der Waals surface area contributed by atoms with E-state index < -0.39 is 0 Å². The van der Waals surface area contributed by atoms with Gasteiger partial charge in [0.25, 0.3) is 5.22 Å². The summed E-state index contributed by atoms with van der Waals surface area (Å²) >= 11 is 1.53. The molecule has 0 saturated carbocycles. The van der Waals surface area contributed by atoms with E-state index in [2.05, 4.69) is 44.0 Å². The maximum atomic E-state index is 6.02. The molecule has 0 radical (unpaired) electrons. The van der Waals surface area contributed by atoms with Gasteiger partial charge < -0.3 is 10.2 Å². The largest absolute Gasteiger partial charge is 0.414 e. The maximum Gasteiger partial charge on any atom is 0.276 e. The first kappa shape index (κ1) is 14.3. The van der Waals surface area contributed by atoms with Gasteiger partial charge in [0, 0.05) is 5.75 Å². The zero-order chi connectivity index (χ0) is 12.8. The number of allylic oxidation sites excluding steroid dienone is 1. The molecule has 1 rings (SSSR count). The van der Waals surface area contributed by atoms with Crippen LogP contribution in [0.4, 0.5) is 0 Å². The van der Waals surface area contributed by atoms with E-state index in [0.29, 0.717) is 17.0 Å². The predicted molar refractivity (Wildman–Crippen MR) is 70.8 cm³/mol. The highest BCUT2D eigenvalue weighted by Crippen LogP contribution is 2.24. The quantitative estimate of drug-likeness (QED) is 0.624. The molecule has 0 bridgehead atoms. The van der Waals surface area contributed by atoms with Crippen molar-refractivity contribution < 1.29 is 4.42 Å². The Hall–Kier alpha value is -0.810. The second-order valence-electron chi connectivity index (χ2n) is 4.41. The van der Waals surface area contributed by atoms with E-state index >= 15 is 0 Å². The molecule has 2 N–H and O–H groups in total. The van der Waals surface area contributed by atoms with Gasteiger partial charge in [-0.05, 0) is 19.8 Å². The van der Waals surface area contributed by atoms with E-state index in [9.17, 15) is 0 Å². The number of nitrogens with two attached hydrogens (primary N) is 1. The molecule has 2 unspecified atom stereocenters. The Balaban J connectivity index is 2.56. The molecule has 2 atom stereocenters. The fraction of sp³-hybridized carbons (Fsp3) is 0.667. The van der Waals surface area contributed by atoms with Crippen molar-refractivity contribution in [2.24, 2.45) is 11.7 Å². The summed E-state index contributed by atoms with van der Waals surface area (Å²) in [5.41, 5.74) is 7.31. The summed E-state index contributed by atoms with van der Waals surface area (Å²) in [6, 6.07) is -0.162. The summed E-state index contributed by atoms with van der Waals surface area (Å²) in [7, 11) is 0. The molecular formula is C12H21N3OS. The second kappa shape index (κ2) is 6.81. The first-order chi connectivity index (χ1) is 8.04. The van der Waals surface area contributed by atoms with Crippen LogP contribution in [0.1, 0.15) is 46.0 Å². The first-order valence-corrected chi connectivity index (χ1v) is 6.88. The Labute approximate surface area is 107 Å². The highest BCUT2D eigenvalue weighted by Gasteiger charge is 2.19. The van der Waals surface area contributed by atoms with Crippen LogP contribution in [0, 0.1) is 5.92 Å². The van der Waals surface area contributed by atoms with Crippen molar-refractivity contribution in [3.63, 3.8) is 0 Å². The summed E-state index contributed by atoms with van der Waals surface area (Å²) in [6.45, 7) is 8.33. The van der Waals surface area contributed by atoms with Crippen LogP contribution in [-0.4, -0.2) is 16.0 Å². The number of thioether (sulfide) groups is 1. The molecule has 1 aromatic heterocycles. The number of rotatable bonds is 6. The van der Waals surface area contributed by atoms with E-state index in [1.165, 1.54) is 17.3 Å². The highest BCUT2D eigenvalue weighted by molar-refractivity contribution is 7.99. The van der Waals surface area contributed by atoms with Crippen LogP contribution in [0.25, 0.3) is 0 Å². The molecule has 0 aliphatic carbocycles. The normalized spacial score (nSPS) is 14.4. The average molecular weight is 255 g/mol. The molecule has 1 heterocycles. The van der Waals surface area contributed by atoms with Gasteiger partial charge in [0.05, 0.1) is 6.04 Å². The molecule has 5 heteroatoms. The molecule has 0 amide bonds. The third-order valence-electron chi connectivity index (χ3n) is 2.66. The lowest BCUT2D eigenvalue weighted by Crippen LogP contribution is -2.18. The van der Waals surface area contributed by atoms with E-state index in [0.717, 1.165) is 12.2 Å². The molecule has 0 aromatic carbocycles. The van der Waals surface area contributed by atoms with Crippen molar-refractivity contribution in [2.75, 3.05) is 5.75 Å². The third kappa shape index (κ3) is 4.52. The highest BCUT2D eigenvalue weighted by atomic mass is 32.2. The Bertz CT molecular complexity index is 372. The number of hydrogen-bond donors (Lipinski definition) is 1. The molecule has 1 aromatic rings. The second-order valence-corrected chi connectivity index (χ2v) is 5.38. The molecule has 0 fully saturated rings. The summed E-state index contributed by atoms with van der Waals surface area (Å²) in [4.78, 5) is 0. The van der Waals surface area contributed by atoms with Gasteiger partial charge in [0.2, 0.25) is 5.89 Å². The Morgan fingerprint density at radius 1 is 1.47 bits per heavy atom. The minimum Gasteiger partial charge on any atom is -0.414 e. The minimum absolute atomic E-state index is 0.162. The van der Waals surface area contributed by atoms with Crippen LogP contribution in [-0.2, 0) is 0 Å². The molecular weight excluding hydrogens is 234 g/mol. The maximum absolute atomic E-state index is 6.02. The van der Waals surface area contributed by atoms with Crippen molar-refractivity contribution in [1.82, 2.24) is 10.2 Å². The Morgan fingerprint density at radius 3 is 2.76 bits per heavy atom. The van der Waals surface area contributed by atoms with Crippen LogP contribution in [0.2, 0.25) is 0 Å². The lowest BCUT2D eigenvalue weighted by Gasteiger charge is -2.13. The number of nitrogens with zero attached hydrogens (tertiary/aromatic N) is 2. The summed E-state index contributed by atoms with van der Waals surface area (Å²) in [5, 5.41) is 8.58. The van der Waals surface area contributed by atoms with Crippen LogP contribution >= 0.6 is 11.8 Å². The lowest BCUT2D eigenvalue weighted by molar-refractivity contribution is 0.333. The minimum atomic E-state index is -0.162. The van der Waals surface area contributed by atoms with Gasteiger partial charge in [0.15, 0.2) is 0 Å². The number of aromatic nitrogens is 2. The SMILES string of the molecule is CCC(C)C(N)c1nnc(SCC=C(C)C)o1.